The summed E-state index contributed by atoms with van der Waals surface area (Å²) in [6.07, 6.45) is 4.73. The van der Waals surface area contributed by atoms with E-state index in [0.29, 0.717) is 19.8 Å². The number of unbranched alkanes of at least 4 members (excludes halogenated alkanes) is 1. The van der Waals surface area contributed by atoms with Crippen LogP contribution in [-0.4, -0.2) is 38.3 Å². The van der Waals surface area contributed by atoms with E-state index in [1.54, 1.807) is 0 Å². The summed E-state index contributed by atoms with van der Waals surface area (Å²) in [5.41, 5.74) is 7.24. The van der Waals surface area contributed by atoms with Crippen LogP contribution in [0, 0.1) is 5.92 Å². The minimum atomic E-state index is -0.428. The number of rotatable bonds is 9. The molecule has 0 aliphatic carbocycles. The van der Waals surface area contributed by atoms with Crippen LogP contribution < -0.4 is 15.8 Å². The average molecular weight is 334 g/mol. The van der Waals surface area contributed by atoms with Gasteiger partial charge in [-0.05, 0) is 49.3 Å². The van der Waals surface area contributed by atoms with Crippen molar-refractivity contribution in [3.8, 4) is 5.75 Å². The molecule has 0 saturated carbocycles. The van der Waals surface area contributed by atoms with E-state index in [1.807, 2.05) is 24.3 Å². The smallest absolute Gasteiger partial charge is 0.237 e. The average Bonchev–Trinajstić information content (AvgIpc) is 2.63. The van der Waals surface area contributed by atoms with Gasteiger partial charge in [0.2, 0.25) is 5.91 Å². The fourth-order valence-corrected chi connectivity index (χ4v) is 2.82. The van der Waals surface area contributed by atoms with Gasteiger partial charge in [-0.3, -0.25) is 4.79 Å². The SMILES string of the molecule is CCCCOc1ccc(CCNC(=O)C(N)C2CCOCC2)cc1. The molecular formula is C19H30N2O3. The molecule has 1 aliphatic heterocycles. The number of ether oxygens (including phenoxy) is 2. The van der Waals surface area contributed by atoms with Crippen LogP contribution in [-0.2, 0) is 16.0 Å². The second-order valence-electron chi connectivity index (χ2n) is 6.36. The highest BCUT2D eigenvalue weighted by atomic mass is 16.5. The molecule has 3 N–H and O–H groups in total. The number of nitrogens with two attached hydrogens (primary N) is 1. The maximum absolute atomic E-state index is 12.1. The van der Waals surface area contributed by atoms with E-state index in [2.05, 4.69) is 12.2 Å². The molecule has 1 fully saturated rings. The Morgan fingerprint density at radius 1 is 1.33 bits per heavy atom. The van der Waals surface area contributed by atoms with Crippen molar-refractivity contribution >= 4 is 5.91 Å². The Balaban J connectivity index is 1.68. The summed E-state index contributed by atoms with van der Waals surface area (Å²) >= 11 is 0. The molecule has 0 spiro atoms. The zero-order chi connectivity index (χ0) is 17.2. The zero-order valence-electron chi connectivity index (χ0n) is 14.6. The second kappa shape index (κ2) is 10.3. The van der Waals surface area contributed by atoms with Gasteiger partial charge in [0.15, 0.2) is 0 Å². The molecule has 1 heterocycles. The van der Waals surface area contributed by atoms with Crippen molar-refractivity contribution in [2.75, 3.05) is 26.4 Å². The minimum absolute atomic E-state index is 0.0542. The summed E-state index contributed by atoms with van der Waals surface area (Å²) in [5.74, 6) is 1.08. The third-order valence-corrected chi connectivity index (χ3v) is 4.48. The summed E-state index contributed by atoms with van der Waals surface area (Å²) in [7, 11) is 0. The summed E-state index contributed by atoms with van der Waals surface area (Å²) in [6.45, 7) is 4.92. The molecule has 1 saturated heterocycles. The Morgan fingerprint density at radius 3 is 2.71 bits per heavy atom. The number of benzene rings is 1. The summed E-state index contributed by atoms with van der Waals surface area (Å²) < 4.78 is 11.0. The van der Waals surface area contributed by atoms with Gasteiger partial charge >= 0.3 is 0 Å². The van der Waals surface area contributed by atoms with Crippen LogP contribution in [0.3, 0.4) is 0 Å². The Hall–Kier alpha value is -1.59. The number of hydrogen-bond acceptors (Lipinski definition) is 4. The van der Waals surface area contributed by atoms with Crippen LogP contribution in [0.5, 0.6) is 5.75 Å². The molecule has 1 amide bonds. The highest BCUT2D eigenvalue weighted by Crippen LogP contribution is 2.17. The van der Waals surface area contributed by atoms with Crippen molar-refractivity contribution in [3.63, 3.8) is 0 Å². The maximum Gasteiger partial charge on any atom is 0.237 e. The van der Waals surface area contributed by atoms with Gasteiger partial charge in [0.25, 0.3) is 0 Å². The molecule has 5 nitrogen and oxygen atoms in total. The molecule has 0 bridgehead atoms. The summed E-state index contributed by atoms with van der Waals surface area (Å²) in [4.78, 5) is 12.1. The molecule has 1 atom stereocenters. The predicted molar refractivity (Wildman–Crippen MR) is 95.1 cm³/mol. The second-order valence-corrected chi connectivity index (χ2v) is 6.36. The molecule has 24 heavy (non-hydrogen) atoms. The normalized spacial score (nSPS) is 16.6. The molecule has 0 radical (unpaired) electrons. The highest BCUT2D eigenvalue weighted by molar-refractivity contribution is 5.81. The first-order chi connectivity index (χ1) is 11.7. The topological polar surface area (TPSA) is 73.6 Å². The van der Waals surface area contributed by atoms with Gasteiger partial charge in [0.1, 0.15) is 5.75 Å². The van der Waals surface area contributed by atoms with Crippen LogP contribution in [0.1, 0.15) is 38.2 Å². The van der Waals surface area contributed by atoms with Gasteiger partial charge in [0.05, 0.1) is 12.6 Å². The Labute approximate surface area is 144 Å². The van der Waals surface area contributed by atoms with Gasteiger partial charge in [0, 0.05) is 19.8 Å². The summed E-state index contributed by atoms with van der Waals surface area (Å²) in [6, 6.07) is 7.64. The molecule has 0 aromatic heterocycles. The van der Waals surface area contributed by atoms with Crippen molar-refractivity contribution in [2.24, 2.45) is 11.7 Å². The van der Waals surface area contributed by atoms with Crippen LogP contribution in [0.15, 0.2) is 24.3 Å². The highest BCUT2D eigenvalue weighted by Gasteiger charge is 2.26. The number of carbonyl (C=O) groups is 1. The molecule has 1 aliphatic rings. The molecular weight excluding hydrogens is 304 g/mol. The van der Waals surface area contributed by atoms with Gasteiger partial charge in [-0.15, -0.1) is 0 Å². The fraction of sp³-hybridized carbons (Fsp3) is 0.632. The Kier molecular flexibility index (Phi) is 8.05. The lowest BCUT2D eigenvalue weighted by Gasteiger charge is -2.26. The van der Waals surface area contributed by atoms with Crippen LogP contribution in [0.25, 0.3) is 0 Å². The van der Waals surface area contributed by atoms with E-state index in [4.69, 9.17) is 15.2 Å². The number of carbonyl (C=O) groups excluding carboxylic acids is 1. The largest absolute Gasteiger partial charge is 0.494 e. The van der Waals surface area contributed by atoms with Gasteiger partial charge in [-0.1, -0.05) is 25.5 Å². The molecule has 1 unspecified atom stereocenters. The van der Waals surface area contributed by atoms with E-state index in [1.165, 1.54) is 5.56 Å². The lowest BCUT2D eigenvalue weighted by atomic mass is 9.92. The molecule has 134 valence electrons. The van der Waals surface area contributed by atoms with E-state index in [-0.39, 0.29) is 11.8 Å². The Morgan fingerprint density at radius 2 is 2.04 bits per heavy atom. The van der Waals surface area contributed by atoms with E-state index in [0.717, 1.165) is 44.5 Å². The molecule has 1 aromatic carbocycles. The summed E-state index contributed by atoms with van der Waals surface area (Å²) in [5, 5.41) is 2.95. The van der Waals surface area contributed by atoms with Gasteiger partial charge in [-0.2, -0.15) is 0 Å². The minimum Gasteiger partial charge on any atom is -0.494 e. The first kappa shape index (κ1) is 18.7. The Bertz CT molecular complexity index is 484. The third-order valence-electron chi connectivity index (χ3n) is 4.48. The van der Waals surface area contributed by atoms with Crippen molar-refractivity contribution in [1.29, 1.82) is 0 Å². The third kappa shape index (κ3) is 6.13. The van der Waals surface area contributed by atoms with E-state index in [9.17, 15) is 4.79 Å². The monoisotopic (exact) mass is 334 g/mol. The van der Waals surface area contributed by atoms with E-state index >= 15 is 0 Å². The van der Waals surface area contributed by atoms with Gasteiger partial charge in [-0.25, -0.2) is 0 Å². The number of nitrogens with one attached hydrogen (secondary N) is 1. The van der Waals surface area contributed by atoms with Crippen molar-refractivity contribution in [1.82, 2.24) is 5.32 Å². The van der Waals surface area contributed by atoms with Gasteiger partial charge < -0.3 is 20.5 Å². The number of amides is 1. The first-order valence-corrected chi connectivity index (χ1v) is 9.03. The number of hydrogen-bond donors (Lipinski definition) is 2. The van der Waals surface area contributed by atoms with E-state index < -0.39 is 6.04 Å². The van der Waals surface area contributed by atoms with Crippen molar-refractivity contribution in [2.45, 2.75) is 45.1 Å². The molecule has 1 aromatic rings. The fourth-order valence-electron chi connectivity index (χ4n) is 2.82. The quantitative estimate of drug-likeness (QED) is 0.680. The first-order valence-electron chi connectivity index (χ1n) is 9.03. The lowest BCUT2D eigenvalue weighted by Crippen LogP contribution is -2.47. The van der Waals surface area contributed by atoms with Crippen LogP contribution in [0.2, 0.25) is 0 Å². The van der Waals surface area contributed by atoms with Crippen molar-refractivity contribution < 1.29 is 14.3 Å². The lowest BCUT2D eigenvalue weighted by molar-refractivity contribution is -0.124. The standard InChI is InChI=1S/C19H30N2O3/c1-2-3-12-24-17-6-4-15(5-7-17)8-11-21-19(22)18(20)16-9-13-23-14-10-16/h4-7,16,18H,2-3,8-14,20H2,1H3,(H,21,22). The van der Waals surface area contributed by atoms with Crippen LogP contribution >= 0.6 is 0 Å². The predicted octanol–water partition coefficient (Wildman–Crippen LogP) is 2.28. The molecule has 2 rings (SSSR count). The zero-order valence-corrected chi connectivity index (χ0v) is 14.6. The van der Waals surface area contributed by atoms with Crippen LogP contribution in [0.4, 0.5) is 0 Å². The molecule has 5 heteroatoms. The maximum atomic E-state index is 12.1. The van der Waals surface area contributed by atoms with Crippen molar-refractivity contribution in [3.05, 3.63) is 29.8 Å².